The van der Waals surface area contributed by atoms with Gasteiger partial charge in [0.25, 0.3) is 0 Å². The highest BCUT2D eigenvalue weighted by molar-refractivity contribution is 5.75. The predicted molar refractivity (Wildman–Crippen MR) is 561 cm³/mol. The van der Waals surface area contributed by atoms with E-state index in [2.05, 4.69) is 68.6 Å². The number of methoxy groups -OCH3 is 16. The molecule has 0 amide bonds. The molecular weight excluding hydrogens is 1960 g/mol. The Hall–Kier alpha value is -9.04. The fraction of sp³-hybridized carbons (Fsp3) is 0.846. The summed E-state index contributed by atoms with van der Waals surface area (Å²) in [6, 6.07) is 0. The van der Waals surface area contributed by atoms with E-state index in [-0.39, 0.29) is 198 Å². The summed E-state index contributed by atoms with van der Waals surface area (Å²) in [4.78, 5) is 232. The van der Waals surface area contributed by atoms with Crippen molar-refractivity contribution in [2.45, 2.75) is 193 Å². The van der Waals surface area contributed by atoms with Crippen LogP contribution in [0, 0.1) is 0 Å². The third-order valence-electron chi connectivity index (χ3n) is 26.3. The average Bonchev–Trinajstić information content (AvgIpc) is 0.929. The molecule has 0 aromatic carbocycles. The summed E-state index contributed by atoms with van der Waals surface area (Å²) in [7, 11) is 21.5. The first-order valence-corrected chi connectivity index (χ1v) is 53.5. The van der Waals surface area contributed by atoms with E-state index in [1.54, 1.807) is 0 Å². The zero-order valence-electron chi connectivity index (χ0n) is 94.2. The lowest BCUT2D eigenvalue weighted by Crippen LogP contribution is -2.38. The van der Waals surface area contributed by atoms with E-state index in [1.807, 2.05) is 0 Å². The van der Waals surface area contributed by atoms with Crippen LogP contribution >= 0.6 is 0 Å². The predicted octanol–water partition coefficient (Wildman–Crippen LogP) is 3.69. The van der Waals surface area contributed by atoms with Gasteiger partial charge in [-0.3, -0.25) is 76.7 Å². The zero-order chi connectivity index (χ0) is 112. The van der Waals surface area contributed by atoms with Gasteiger partial charge >= 0.3 is 95.5 Å². The molecule has 0 heterocycles. The molecule has 0 saturated heterocycles. The smallest absolute Gasteiger partial charge is 0.306 e. The standard InChI is InChI=1S/C104H192N14O32/c1-135-89(119)31-73-111(74-32-90(120)136-2)65-23-57-107(58-24-66-112(75-33-91(121)137-3)76-34-92(122)138-4)53-19-49-105(50-20-54-108(59-25-67-113(77-35-93(123)139-5)78-36-94(124)140-6)60-26-68-114(79-37-95(125)141-7)80-38-96(126)142-8)47-17-18-48-106(51-21-55-109(61-27-69-115(81-39-97(127)143-9)82-40-98(128)144-10)62-28-70-116(83-41-99(129)145-11)84-42-100(130)146-12)52-22-56-110(63-29-71-117(85-43-101(131)147-13)86-44-102(132)148-14)64-30-72-118(87-45-103(133)149-15)88-46-104(134)150-16/h17-88H2,1-16H3. The van der Waals surface area contributed by atoms with Gasteiger partial charge in [-0.05, 0) is 260 Å². The van der Waals surface area contributed by atoms with Crippen molar-refractivity contribution in [3.05, 3.63) is 0 Å². The molecule has 0 fully saturated rings. The monoisotopic (exact) mass is 2150 g/mol. The van der Waals surface area contributed by atoms with Crippen molar-refractivity contribution in [2.75, 3.05) is 389 Å². The van der Waals surface area contributed by atoms with Crippen LogP contribution in [-0.2, 0) is 153 Å². The summed E-state index contributed by atoms with van der Waals surface area (Å²) in [5, 5.41) is 0. The third kappa shape index (κ3) is 79.9. The summed E-state index contributed by atoms with van der Waals surface area (Å²) in [5.74, 6) is -6.01. The lowest BCUT2D eigenvalue weighted by molar-refractivity contribution is -0.142. The van der Waals surface area contributed by atoms with Crippen LogP contribution in [-0.4, -0.2) is 553 Å². The Labute approximate surface area is 893 Å². The number of nitrogens with zero attached hydrogens (tertiary/aromatic N) is 14. The molecule has 870 valence electrons. The first kappa shape index (κ1) is 141. The van der Waals surface area contributed by atoms with Crippen molar-refractivity contribution in [1.82, 2.24) is 68.6 Å². The summed E-state index contributed by atoms with van der Waals surface area (Å²) in [6.07, 6.45) is 12.0. The van der Waals surface area contributed by atoms with Crippen LogP contribution in [0.3, 0.4) is 0 Å². The molecule has 0 unspecified atom stereocenters. The summed E-state index contributed by atoms with van der Waals surface area (Å²) >= 11 is 0. The Balaban J connectivity index is 8.88. The molecule has 0 spiro atoms. The lowest BCUT2D eigenvalue weighted by Gasteiger charge is -2.30. The fourth-order valence-corrected chi connectivity index (χ4v) is 17.2. The van der Waals surface area contributed by atoms with Crippen molar-refractivity contribution in [3.63, 3.8) is 0 Å². The van der Waals surface area contributed by atoms with Crippen molar-refractivity contribution < 1.29 is 153 Å². The van der Waals surface area contributed by atoms with Crippen LogP contribution in [0.4, 0.5) is 0 Å². The Morgan fingerprint density at radius 1 is 0.0933 bits per heavy atom. The van der Waals surface area contributed by atoms with Gasteiger partial charge in [-0.1, -0.05) is 0 Å². The molecule has 0 N–H and O–H groups in total. The normalized spacial score (nSPS) is 11.6. The Morgan fingerprint density at radius 2 is 0.147 bits per heavy atom. The lowest BCUT2D eigenvalue weighted by atomic mass is 10.2. The SMILES string of the molecule is COC(=O)CCN(CCCN(CCCN(CCCCN(CCCN(CCCN(CCC(=O)OC)CCC(=O)OC)CCCN(CCC(=O)OC)CCC(=O)OC)CCCN(CCCN(CCC(=O)OC)CCC(=O)OC)CCCN(CCC(=O)OC)CCC(=O)OC)CCCN(CCCN(CCC(=O)OC)CCC(=O)OC)CCCN(CCC(=O)OC)CCC(=O)OC)CCCN(CCC(=O)OC)CCC(=O)OC)CCC(=O)OC. The van der Waals surface area contributed by atoms with Gasteiger partial charge in [-0.25, -0.2) is 0 Å². The molecule has 0 saturated carbocycles. The minimum Gasteiger partial charge on any atom is -0.469 e. The zero-order valence-corrected chi connectivity index (χ0v) is 94.2. The van der Waals surface area contributed by atoms with Gasteiger partial charge in [0.15, 0.2) is 0 Å². The van der Waals surface area contributed by atoms with Gasteiger partial charge < -0.3 is 144 Å². The number of carbonyl (C=O) groups excluding carboxylic acids is 16. The molecule has 0 aromatic rings. The van der Waals surface area contributed by atoms with Gasteiger partial charge in [-0.15, -0.1) is 0 Å². The molecule has 0 aromatic heterocycles. The van der Waals surface area contributed by atoms with E-state index in [0.29, 0.717) is 313 Å². The molecule has 0 aliphatic rings. The van der Waals surface area contributed by atoms with Gasteiger partial charge in [0.1, 0.15) is 0 Å². The molecule has 0 aliphatic carbocycles. The molecule has 0 atom stereocenters. The van der Waals surface area contributed by atoms with Crippen molar-refractivity contribution in [1.29, 1.82) is 0 Å². The molecule has 0 aliphatic heterocycles. The Kier molecular flexibility index (Phi) is 89.0. The summed E-state index contributed by atoms with van der Waals surface area (Å²) in [6.45, 7) is 22.5. The van der Waals surface area contributed by atoms with Crippen LogP contribution in [0.2, 0.25) is 0 Å². The number of hydrogen-bond acceptors (Lipinski definition) is 46. The van der Waals surface area contributed by atoms with Gasteiger partial charge in [-0.2, -0.15) is 0 Å². The minimum atomic E-state index is -0.376. The van der Waals surface area contributed by atoms with E-state index in [4.69, 9.17) is 75.8 Å². The average molecular weight is 2150 g/mol. The first-order chi connectivity index (χ1) is 72.3. The first-order valence-electron chi connectivity index (χ1n) is 53.5. The van der Waals surface area contributed by atoms with E-state index < -0.39 is 0 Å². The topological polar surface area (TPSA) is 466 Å². The number of hydrogen-bond donors (Lipinski definition) is 0. The van der Waals surface area contributed by atoms with Crippen molar-refractivity contribution >= 4 is 95.5 Å². The van der Waals surface area contributed by atoms with Crippen LogP contribution in [0.25, 0.3) is 0 Å². The van der Waals surface area contributed by atoms with E-state index in [9.17, 15) is 76.7 Å². The number of carbonyl (C=O) groups is 16. The van der Waals surface area contributed by atoms with Crippen LogP contribution < -0.4 is 0 Å². The number of esters is 16. The highest BCUT2D eigenvalue weighted by Crippen LogP contribution is 2.16. The second-order valence-corrected chi connectivity index (χ2v) is 37.0. The van der Waals surface area contributed by atoms with Crippen LogP contribution in [0.15, 0.2) is 0 Å². The molecule has 0 radical (unpaired) electrons. The molecule has 0 bridgehead atoms. The van der Waals surface area contributed by atoms with Crippen LogP contribution in [0.1, 0.15) is 193 Å². The van der Waals surface area contributed by atoms with Gasteiger partial charge in [0.2, 0.25) is 0 Å². The van der Waals surface area contributed by atoms with Crippen molar-refractivity contribution in [3.8, 4) is 0 Å². The second kappa shape index (κ2) is 94.7. The largest absolute Gasteiger partial charge is 0.469 e. The maximum absolute atomic E-state index is 12.6. The Morgan fingerprint density at radius 3 is 0.207 bits per heavy atom. The van der Waals surface area contributed by atoms with Crippen molar-refractivity contribution in [2.24, 2.45) is 0 Å². The van der Waals surface area contributed by atoms with E-state index in [1.165, 1.54) is 114 Å². The third-order valence-corrected chi connectivity index (χ3v) is 26.3. The second-order valence-electron chi connectivity index (χ2n) is 37.0. The fourth-order valence-electron chi connectivity index (χ4n) is 17.2. The number of unbranched alkanes of at least 4 members (excludes halogenated alkanes) is 1. The molecule has 150 heavy (non-hydrogen) atoms. The molecule has 46 nitrogen and oxygen atoms in total. The Bertz CT molecular complexity index is 2840. The summed E-state index contributed by atoms with van der Waals surface area (Å²) in [5.41, 5.74) is 0. The van der Waals surface area contributed by atoms with E-state index in [0.717, 1.165) is 51.6 Å². The molecule has 46 heteroatoms. The maximum Gasteiger partial charge on any atom is 0.306 e. The highest BCUT2D eigenvalue weighted by Gasteiger charge is 2.25. The summed E-state index contributed by atoms with van der Waals surface area (Å²) < 4.78 is 80.3. The van der Waals surface area contributed by atoms with Gasteiger partial charge in [0.05, 0.1) is 216 Å². The number of rotatable bonds is 101. The number of ether oxygens (including phenoxy) is 16. The highest BCUT2D eigenvalue weighted by atomic mass is 16.6. The van der Waals surface area contributed by atoms with E-state index >= 15 is 0 Å². The van der Waals surface area contributed by atoms with Gasteiger partial charge in [0, 0.05) is 105 Å². The molecular formula is C104H192N14O32. The molecule has 0 rings (SSSR count). The maximum atomic E-state index is 12.6. The quantitative estimate of drug-likeness (QED) is 0.0476. The minimum absolute atomic E-state index is 0.124. The van der Waals surface area contributed by atoms with Crippen LogP contribution in [0.5, 0.6) is 0 Å².